The fraction of sp³-hybridized carbons (Fsp3) is 0. The van der Waals surface area contributed by atoms with Gasteiger partial charge in [0.15, 0.2) is 0 Å². The van der Waals surface area contributed by atoms with E-state index in [9.17, 15) is 9.90 Å². The van der Waals surface area contributed by atoms with E-state index < -0.39 is 5.97 Å². The highest BCUT2D eigenvalue weighted by atomic mass is 16.4. The van der Waals surface area contributed by atoms with Crippen LogP contribution in [0.15, 0.2) is 42.5 Å². The molecule has 0 saturated heterocycles. The molecular weight excluding hydrogens is 256 g/mol. The molecule has 0 atom stereocenters. The second-order valence-corrected chi connectivity index (χ2v) is 4.14. The van der Waals surface area contributed by atoms with Crippen LogP contribution in [-0.2, 0) is 0 Å². The SMILES string of the molecule is N#Cc1cccc(-n2nnc3cccc(C(=O)O)c32)c1. The average molecular weight is 264 g/mol. The smallest absolute Gasteiger partial charge is 0.337 e. The summed E-state index contributed by atoms with van der Waals surface area (Å²) >= 11 is 0. The van der Waals surface area contributed by atoms with Gasteiger partial charge in [0.1, 0.15) is 11.0 Å². The van der Waals surface area contributed by atoms with E-state index in [4.69, 9.17) is 5.26 Å². The summed E-state index contributed by atoms with van der Waals surface area (Å²) in [7, 11) is 0. The molecule has 0 saturated carbocycles. The van der Waals surface area contributed by atoms with Gasteiger partial charge in [0.2, 0.25) is 0 Å². The van der Waals surface area contributed by atoms with Crippen LogP contribution in [0, 0.1) is 11.3 Å². The number of hydrogen-bond acceptors (Lipinski definition) is 4. The number of carboxylic acid groups (broad SMARTS) is 1. The summed E-state index contributed by atoms with van der Waals surface area (Å²) in [6, 6.07) is 13.6. The first-order valence-electron chi connectivity index (χ1n) is 5.79. The first-order chi connectivity index (χ1) is 9.70. The molecule has 2 aromatic carbocycles. The highest BCUT2D eigenvalue weighted by Crippen LogP contribution is 2.21. The minimum absolute atomic E-state index is 0.120. The van der Waals surface area contributed by atoms with Crippen LogP contribution in [0.3, 0.4) is 0 Å². The Labute approximate surface area is 113 Å². The summed E-state index contributed by atoms with van der Waals surface area (Å²) in [6.45, 7) is 0. The third-order valence-corrected chi connectivity index (χ3v) is 2.92. The Kier molecular flexibility index (Phi) is 2.66. The Morgan fingerprint density at radius 2 is 2.05 bits per heavy atom. The van der Waals surface area contributed by atoms with Crippen LogP contribution in [-0.4, -0.2) is 26.1 Å². The number of fused-ring (bicyclic) bond motifs is 1. The topological polar surface area (TPSA) is 91.8 Å². The van der Waals surface area contributed by atoms with Gasteiger partial charge in [0.05, 0.1) is 22.9 Å². The van der Waals surface area contributed by atoms with Gasteiger partial charge in [-0.1, -0.05) is 17.3 Å². The van der Waals surface area contributed by atoms with Crippen molar-refractivity contribution in [2.24, 2.45) is 0 Å². The molecule has 3 rings (SSSR count). The van der Waals surface area contributed by atoms with Gasteiger partial charge in [-0.2, -0.15) is 5.26 Å². The molecular formula is C14H8N4O2. The van der Waals surface area contributed by atoms with E-state index in [1.807, 2.05) is 6.07 Å². The number of nitrogens with zero attached hydrogens (tertiary/aromatic N) is 4. The van der Waals surface area contributed by atoms with Crippen molar-refractivity contribution in [2.45, 2.75) is 0 Å². The largest absolute Gasteiger partial charge is 0.478 e. The number of aromatic carboxylic acids is 1. The monoisotopic (exact) mass is 264 g/mol. The number of hydrogen-bond donors (Lipinski definition) is 1. The maximum Gasteiger partial charge on any atom is 0.337 e. The van der Waals surface area contributed by atoms with Crippen molar-refractivity contribution in [3.8, 4) is 11.8 Å². The van der Waals surface area contributed by atoms with Crippen LogP contribution in [0.25, 0.3) is 16.7 Å². The van der Waals surface area contributed by atoms with Crippen molar-refractivity contribution in [1.29, 1.82) is 5.26 Å². The molecule has 0 aliphatic carbocycles. The molecule has 0 fully saturated rings. The summed E-state index contributed by atoms with van der Waals surface area (Å²) in [5.41, 5.74) is 2.09. The zero-order valence-corrected chi connectivity index (χ0v) is 10.2. The van der Waals surface area contributed by atoms with E-state index in [0.29, 0.717) is 22.3 Å². The molecule has 96 valence electrons. The Balaban J connectivity index is 2.32. The second-order valence-electron chi connectivity index (χ2n) is 4.14. The number of nitriles is 1. The molecule has 0 unspecified atom stereocenters. The number of aromatic nitrogens is 3. The van der Waals surface area contributed by atoms with Gasteiger partial charge >= 0.3 is 5.97 Å². The van der Waals surface area contributed by atoms with Crippen molar-refractivity contribution in [1.82, 2.24) is 15.0 Å². The van der Waals surface area contributed by atoms with Crippen LogP contribution in [0.5, 0.6) is 0 Å². The summed E-state index contributed by atoms with van der Waals surface area (Å²) in [5.74, 6) is -1.05. The highest BCUT2D eigenvalue weighted by Gasteiger charge is 2.15. The first kappa shape index (κ1) is 11.9. The molecule has 1 heterocycles. The van der Waals surface area contributed by atoms with Gasteiger partial charge in [-0.3, -0.25) is 0 Å². The Hall–Kier alpha value is -3.20. The molecule has 6 heteroatoms. The molecule has 1 N–H and O–H groups in total. The Morgan fingerprint density at radius 1 is 1.25 bits per heavy atom. The lowest BCUT2D eigenvalue weighted by Gasteiger charge is -2.04. The lowest BCUT2D eigenvalue weighted by molar-refractivity contribution is 0.0698. The van der Waals surface area contributed by atoms with Crippen molar-refractivity contribution >= 4 is 17.0 Å². The molecule has 0 radical (unpaired) electrons. The normalized spacial score (nSPS) is 10.3. The van der Waals surface area contributed by atoms with E-state index in [0.717, 1.165) is 0 Å². The summed E-state index contributed by atoms with van der Waals surface area (Å²) in [6.07, 6.45) is 0. The third kappa shape index (κ3) is 1.78. The predicted molar refractivity (Wildman–Crippen MR) is 70.5 cm³/mol. The standard InChI is InChI=1S/C14H8N4O2/c15-8-9-3-1-4-10(7-9)18-13-11(14(19)20)5-2-6-12(13)16-17-18/h1-7H,(H,19,20). The number of para-hydroxylation sites is 1. The van der Waals surface area contributed by atoms with Gasteiger partial charge in [-0.15, -0.1) is 5.10 Å². The van der Waals surface area contributed by atoms with Crippen LogP contribution >= 0.6 is 0 Å². The molecule has 20 heavy (non-hydrogen) atoms. The maximum absolute atomic E-state index is 11.3. The average Bonchev–Trinajstić information content (AvgIpc) is 2.91. The third-order valence-electron chi connectivity index (χ3n) is 2.92. The molecule has 0 aliphatic heterocycles. The van der Waals surface area contributed by atoms with Crippen molar-refractivity contribution in [2.75, 3.05) is 0 Å². The zero-order valence-electron chi connectivity index (χ0n) is 10.2. The van der Waals surface area contributed by atoms with Crippen molar-refractivity contribution in [3.63, 3.8) is 0 Å². The maximum atomic E-state index is 11.3. The lowest BCUT2D eigenvalue weighted by Crippen LogP contribution is -2.03. The minimum atomic E-state index is -1.05. The highest BCUT2D eigenvalue weighted by molar-refractivity contribution is 6.01. The van der Waals surface area contributed by atoms with Crippen LogP contribution in [0.1, 0.15) is 15.9 Å². The number of carboxylic acids is 1. The molecule has 1 aromatic heterocycles. The van der Waals surface area contributed by atoms with Crippen molar-refractivity contribution in [3.05, 3.63) is 53.6 Å². The van der Waals surface area contributed by atoms with Crippen LogP contribution in [0.2, 0.25) is 0 Å². The molecule has 0 amide bonds. The minimum Gasteiger partial charge on any atom is -0.478 e. The molecule has 0 spiro atoms. The molecule has 0 aliphatic rings. The van der Waals surface area contributed by atoms with Crippen molar-refractivity contribution < 1.29 is 9.90 Å². The lowest BCUT2D eigenvalue weighted by atomic mass is 10.1. The van der Waals surface area contributed by atoms with E-state index >= 15 is 0 Å². The predicted octanol–water partition coefficient (Wildman–Crippen LogP) is 1.99. The fourth-order valence-electron chi connectivity index (χ4n) is 2.03. The molecule has 0 bridgehead atoms. The van der Waals surface area contributed by atoms with E-state index in [1.54, 1.807) is 36.4 Å². The summed E-state index contributed by atoms with van der Waals surface area (Å²) in [4.78, 5) is 11.3. The first-order valence-corrected chi connectivity index (χ1v) is 5.79. The summed E-state index contributed by atoms with van der Waals surface area (Å²) in [5, 5.41) is 26.1. The van der Waals surface area contributed by atoms with Crippen LogP contribution in [0.4, 0.5) is 0 Å². The van der Waals surface area contributed by atoms with Gasteiger partial charge in [0, 0.05) is 0 Å². The molecule has 6 nitrogen and oxygen atoms in total. The van der Waals surface area contributed by atoms with E-state index in [2.05, 4.69) is 10.3 Å². The van der Waals surface area contributed by atoms with Gasteiger partial charge in [-0.25, -0.2) is 9.48 Å². The van der Waals surface area contributed by atoms with E-state index in [1.165, 1.54) is 10.7 Å². The molecule has 3 aromatic rings. The fourth-order valence-corrected chi connectivity index (χ4v) is 2.03. The second kappa shape index (κ2) is 4.48. The number of carbonyl (C=O) groups is 1. The number of rotatable bonds is 2. The van der Waals surface area contributed by atoms with Gasteiger partial charge in [-0.05, 0) is 30.3 Å². The van der Waals surface area contributed by atoms with Gasteiger partial charge in [0.25, 0.3) is 0 Å². The number of benzene rings is 2. The Morgan fingerprint density at radius 3 is 2.80 bits per heavy atom. The zero-order chi connectivity index (χ0) is 14.1. The summed E-state index contributed by atoms with van der Waals surface area (Å²) < 4.78 is 1.43. The van der Waals surface area contributed by atoms with Crippen LogP contribution < -0.4 is 0 Å². The van der Waals surface area contributed by atoms with E-state index in [-0.39, 0.29) is 5.56 Å². The Bertz CT molecular complexity index is 861. The quantitative estimate of drug-likeness (QED) is 0.764. The van der Waals surface area contributed by atoms with Gasteiger partial charge < -0.3 is 5.11 Å².